The van der Waals surface area contributed by atoms with Gasteiger partial charge in [0.25, 0.3) is 0 Å². The summed E-state index contributed by atoms with van der Waals surface area (Å²) in [5.41, 5.74) is 0.0572. The summed E-state index contributed by atoms with van der Waals surface area (Å²) in [6.45, 7) is 11.0. The van der Waals surface area contributed by atoms with Gasteiger partial charge in [-0.1, -0.05) is 20.8 Å². The average molecular weight is 317 g/mol. The van der Waals surface area contributed by atoms with Crippen LogP contribution in [0, 0.1) is 11.3 Å². The summed E-state index contributed by atoms with van der Waals surface area (Å²) in [4.78, 5) is 13.1. The number of Topliss-reactive ketones (excluding diaryl/α,β-unsaturated/α-hetero) is 1. The molecule has 1 aliphatic carbocycles. The third-order valence-electron chi connectivity index (χ3n) is 3.39. The molecule has 0 saturated heterocycles. The van der Waals surface area contributed by atoms with Crippen LogP contribution in [-0.2, 0) is 9.22 Å². The summed E-state index contributed by atoms with van der Waals surface area (Å²) in [6.07, 6.45) is 2.32. The number of ketones is 1. The number of carbonyl (C=O) groups excluding carboxylic acids is 1. The lowest BCUT2D eigenvalue weighted by atomic mass is 9.79. The highest BCUT2D eigenvalue weighted by Gasteiger charge is 2.40. The van der Waals surface area contributed by atoms with Crippen molar-refractivity contribution in [3.8, 4) is 0 Å². The minimum atomic E-state index is -1.21. The molecule has 3 nitrogen and oxygen atoms in total. The Hall–Kier alpha value is -0.263. The Morgan fingerprint density at radius 1 is 1.35 bits per heavy atom. The molecule has 1 rings (SSSR count). The smallest absolute Gasteiger partial charge is 0.229 e. The molecule has 0 fully saturated rings. The number of carbonyl (C=O) groups is 1. The van der Waals surface area contributed by atoms with Gasteiger partial charge < -0.3 is 9.53 Å². The van der Waals surface area contributed by atoms with Crippen LogP contribution >= 0.6 is 11.8 Å². The molecule has 5 heteroatoms. The van der Waals surface area contributed by atoms with Crippen molar-refractivity contribution in [2.45, 2.75) is 53.1 Å². The van der Waals surface area contributed by atoms with Crippen molar-refractivity contribution in [1.82, 2.24) is 0 Å². The van der Waals surface area contributed by atoms with Crippen LogP contribution in [0.1, 0.15) is 40.0 Å². The molecule has 0 heterocycles. The number of unbranched alkanes of at least 4 members (excludes halogenated alkanes) is 1. The maximum atomic E-state index is 12.3. The zero-order chi connectivity index (χ0) is 15.3. The molecular weight excluding hydrogens is 288 g/mol. The standard InChI is InChI=1S/C15H28O3SSi/c1-15(2,3)11-10-12(17)14(13(11)18-20(4)5)19-9-7-6-8-16/h11,16,20H,6-10H2,1-5H3. The van der Waals surface area contributed by atoms with Crippen molar-refractivity contribution < 1.29 is 14.3 Å². The Balaban J connectivity index is 2.87. The summed E-state index contributed by atoms with van der Waals surface area (Å²) in [7, 11) is -1.21. The maximum absolute atomic E-state index is 12.3. The molecule has 0 radical (unpaired) electrons. The van der Waals surface area contributed by atoms with Crippen molar-refractivity contribution in [2.75, 3.05) is 12.4 Å². The summed E-state index contributed by atoms with van der Waals surface area (Å²) in [6, 6.07) is 0. The SMILES string of the molecule is C[SiH](C)OC1=C(SCCCCO)C(=O)CC1C(C)(C)C. The third-order valence-corrected chi connectivity index (χ3v) is 5.33. The quantitative estimate of drug-likeness (QED) is 0.578. The molecule has 0 aromatic carbocycles. The third kappa shape index (κ3) is 4.93. The summed E-state index contributed by atoms with van der Waals surface area (Å²) < 4.78 is 6.12. The van der Waals surface area contributed by atoms with E-state index in [-0.39, 0.29) is 23.7 Å². The number of rotatable bonds is 7. The number of hydrogen-bond acceptors (Lipinski definition) is 4. The molecular formula is C15H28O3SSi. The molecule has 0 spiro atoms. The van der Waals surface area contributed by atoms with Gasteiger partial charge in [0, 0.05) is 18.9 Å². The second-order valence-corrected chi connectivity index (χ2v) is 10.1. The minimum absolute atomic E-state index is 0.0572. The first kappa shape index (κ1) is 17.8. The van der Waals surface area contributed by atoms with E-state index in [1.54, 1.807) is 11.8 Å². The highest BCUT2D eigenvalue weighted by atomic mass is 32.2. The molecule has 1 unspecified atom stereocenters. The normalized spacial score (nSPS) is 20.1. The van der Waals surface area contributed by atoms with Gasteiger partial charge in [-0.05, 0) is 37.1 Å². The monoisotopic (exact) mass is 316 g/mol. The van der Waals surface area contributed by atoms with Crippen LogP contribution in [0.3, 0.4) is 0 Å². The van der Waals surface area contributed by atoms with Gasteiger partial charge in [0.1, 0.15) is 5.76 Å². The van der Waals surface area contributed by atoms with E-state index in [9.17, 15) is 4.79 Å². The summed E-state index contributed by atoms with van der Waals surface area (Å²) in [5, 5.41) is 8.82. The van der Waals surface area contributed by atoms with Gasteiger partial charge in [-0.15, -0.1) is 11.8 Å². The first-order valence-corrected chi connectivity index (χ1v) is 11.2. The van der Waals surface area contributed by atoms with Crippen LogP contribution in [0.4, 0.5) is 0 Å². The van der Waals surface area contributed by atoms with Gasteiger partial charge in [0.05, 0.1) is 4.91 Å². The van der Waals surface area contributed by atoms with E-state index in [4.69, 9.17) is 9.53 Å². The second-order valence-electron chi connectivity index (χ2n) is 6.69. The van der Waals surface area contributed by atoms with Crippen LogP contribution in [-0.4, -0.2) is 32.3 Å². The number of aliphatic hydroxyl groups excluding tert-OH is 1. The Labute approximate surface area is 128 Å². The number of allylic oxidation sites excluding steroid dienone is 2. The van der Waals surface area contributed by atoms with Gasteiger partial charge in [0.2, 0.25) is 9.04 Å². The zero-order valence-corrected chi connectivity index (χ0v) is 15.3. The van der Waals surface area contributed by atoms with E-state index in [1.165, 1.54) is 0 Å². The Morgan fingerprint density at radius 2 is 2.00 bits per heavy atom. The van der Waals surface area contributed by atoms with E-state index in [1.807, 2.05) is 0 Å². The van der Waals surface area contributed by atoms with Crippen LogP contribution < -0.4 is 0 Å². The minimum Gasteiger partial charge on any atom is -0.549 e. The number of hydrogen-bond donors (Lipinski definition) is 1. The molecule has 0 bridgehead atoms. The molecule has 0 aromatic heterocycles. The van der Waals surface area contributed by atoms with Gasteiger partial charge in [-0.2, -0.15) is 0 Å². The fourth-order valence-electron chi connectivity index (χ4n) is 2.30. The molecule has 1 atom stereocenters. The lowest BCUT2D eigenvalue weighted by Gasteiger charge is -2.30. The van der Waals surface area contributed by atoms with E-state index in [0.717, 1.165) is 29.3 Å². The van der Waals surface area contributed by atoms with E-state index < -0.39 is 9.04 Å². The van der Waals surface area contributed by atoms with Crippen molar-refractivity contribution >= 4 is 26.6 Å². The largest absolute Gasteiger partial charge is 0.549 e. The molecule has 20 heavy (non-hydrogen) atoms. The van der Waals surface area contributed by atoms with Crippen molar-refractivity contribution in [1.29, 1.82) is 0 Å². The van der Waals surface area contributed by atoms with Crippen LogP contribution in [0.25, 0.3) is 0 Å². The van der Waals surface area contributed by atoms with Gasteiger partial charge >= 0.3 is 0 Å². The molecule has 0 aliphatic heterocycles. The van der Waals surface area contributed by atoms with Crippen LogP contribution in [0.5, 0.6) is 0 Å². The van der Waals surface area contributed by atoms with Gasteiger partial charge in [0.15, 0.2) is 5.78 Å². The highest BCUT2D eigenvalue weighted by molar-refractivity contribution is 8.04. The molecule has 1 N–H and O–H groups in total. The van der Waals surface area contributed by atoms with Gasteiger partial charge in [-0.25, -0.2) is 0 Å². The number of thioether (sulfide) groups is 1. The fraction of sp³-hybridized carbons (Fsp3) is 0.800. The summed E-state index contributed by atoms with van der Waals surface area (Å²) >= 11 is 1.62. The Bertz CT molecular complexity index is 372. The molecule has 0 aromatic rings. The molecule has 1 aliphatic rings. The van der Waals surface area contributed by atoms with E-state index >= 15 is 0 Å². The first-order chi connectivity index (χ1) is 9.27. The predicted octanol–water partition coefficient (Wildman–Crippen LogP) is 3.34. The van der Waals surface area contributed by atoms with Crippen molar-refractivity contribution in [2.24, 2.45) is 11.3 Å². The van der Waals surface area contributed by atoms with Crippen molar-refractivity contribution in [3.63, 3.8) is 0 Å². The van der Waals surface area contributed by atoms with Crippen molar-refractivity contribution in [3.05, 3.63) is 10.7 Å². The summed E-state index contributed by atoms with van der Waals surface area (Å²) in [5.74, 6) is 2.29. The predicted molar refractivity (Wildman–Crippen MR) is 88.3 cm³/mol. The Morgan fingerprint density at radius 3 is 2.50 bits per heavy atom. The van der Waals surface area contributed by atoms with Crippen LogP contribution in [0.2, 0.25) is 13.1 Å². The zero-order valence-electron chi connectivity index (χ0n) is 13.4. The lowest BCUT2D eigenvalue weighted by molar-refractivity contribution is -0.115. The molecule has 116 valence electrons. The topological polar surface area (TPSA) is 46.5 Å². The Kier molecular flexibility index (Phi) is 6.81. The highest BCUT2D eigenvalue weighted by Crippen LogP contribution is 2.45. The maximum Gasteiger partial charge on any atom is 0.229 e. The second kappa shape index (κ2) is 7.66. The fourth-order valence-corrected chi connectivity index (χ4v) is 4.30. The molecule has 0 saturated carbocycles. The van der Waals surface area contributed by atoms with E-state index in [0.29, 0.717) is 6.42 Å². The molecule has 0 amide bonds. The first-order valence-electron chi connectivity index (χ1n) is 7.45. The average Bonchev–Trinajstić information content (AvgIpc) is 2.61. The lowest BCUT2D eigenvalue weighted by Crippen LogP contribution is -2.24. The van der Waals surface area contributed by atoms with Crippen LogP contribution in [0.15, 0.2) is 10.7 Å². The van der Waals surface area contributed by atoms with Gasteiger partial charge in [-0.3, -0.25) is 4.79 Å². The number of aliphatic hydroxyl groups is 1. The van der Waals surface area contributed by atoms with E-state index in [2.05, 4.69) is 33.9 Å².